The Morgan fingerprint density at radius 1 is 1.13 bits per heavy atom. The molecule has 2 atom stereocenters. The van der Waals surface area contributed by atoms with Gasteiger partial charge in [-0.25, -0.2) is 0 Å². The largest absolute Gasteiger partial charge is 0.327 e. The number of hydrogen-bond acceptors (Lipinski definition) is 1. The molecule has 0 heterocycles. The quantitative estimate of drug-likeness (QED) is 0.751. The normalized spacial score (nSPS) is 23.8. The molecule has 0 bridgehead atoms. The van der Waals surface area contributed by atoms with E-state index < -0.39 is 0 Å². The van der Waals surface area contributed by atoms with Crippen molar-refractivity contribution in [3.63, 3.8) is 0 Å². The Hall–Kier alpha value is -0.0400. The summed E-state index contributed by atoms with van der Waals surface area (Å²) < 4.78 is 0. The van der Waals surface area contributed by atoms with Gasteiger partial charge in [0, 0.05) is 6.04 Å². The molecule has 0 aromatic rings. The third kappa shape index (κ3) is 4.14. The van der Waals surface area contributed by atoms with Crippen LogP contribution in [0.25, 0.3) is 0 Å². The summed E-state index contributed by atoms with van der Waals surface area (Å²) in [5.41, 5.74) is 6.76. The summed E-state index contributed by atoms with van der Waals surface area (Å²) in [6, 6.07) is 0.444. The fraction of sp³-hybridized carbons (Fsp3) is 1.00. The molecule has 15 heavy (non-hydrogen) atoms. The second-order valence-electron chi connectivity index (χ2n) is 6.56. The first-order chi connectivity index (χ1) is 6.91. The zero-order valence-corrected chi connectivity index (χ0v) is 11.1. The molecule has 0 aromatic carbocycles. The maximum Gasteiger partial charge on any atom is 0.00698 e. The minimum absolute atomic E-state index is 0.409. The fourth-order valence-corrected chi connectivity index (χ4v) is 2.52. The van der Waals surface area contributed by atoms with Gasteiger partial charge in [-0.05, 0) is 36.5 Å². The van der Waals surface area contributed by atoms with Gasteiger partial charge < -0.3 is 5.73 Å². The molecule has 1 aliphatic rings. The Balaban J connectivity index is 2.36. The van der Waals surface area contributed by atoms with Gasteiger partial charge in [-0.2, -0.15) is 0 Å². The minimum atomic E-state index is 0.409. The van der Waals surface area contributed by atoms with Crippen molar-refractivity contribution < 1.29 is 0 Å². The zero-order valence-electron chi connectivity index (χ0n) is 11.1. The highest BCUT2D eigenvalue weighted by molar-refractivity contribution is 4.81. The molecular formula is C14H29N. The summed E-state index contributed by atoms with van der Waals surface area (Å²) in [5, 5.41) is 0. The van der Waals surface area contributed by atoms with Crippen molar-refractivity contribution in [3.8, 4) is 0 Å². The predicted molar refractivity (Wildman–Crippen MR) is 67.8 cm³/mol. The Labute approximate surface area is 95.8 Å². The van der Waals surface area contributed by atoms with Crippen LogP contribution in [0.4, 0.5) is 0 Å². The van der Waals surface area contributed by atoms with Gasteiger partial charge in [0.25, 0.3) is 0 Å². The van der Waals surface area contributed by atoms with Gasteiger partial charge in [0.05, 0.1) is 0 Å². The summed E-state index contributed by atoms with van der Waals surface area (Å²) >= 11 is 0. The van der Waals surface area contributed by atoms with E-state index in [1.54, 1.807) is 0 Å². The molecule has 2 unspecified atom stereocenters. The molecule has 0 saturated heterocycles. The molecule has 1 nitrogen and oxygen atoms in total. The van der Waals surface area contributed by atoms with E-state index in [1.165, 1.54) is 38.5 Å². The van der Waals surface area contributed by atoms with Gasteiger partial charge in [0.1, 0.15) is 0 Å². The van der Waals surface area contributed by atoms with Crippen LogP contribution in [0.1, 0.15) is 66.2 Å². The molecule has 1 rings (SSSR count). The molecule has 1 saturated carbocycles. The van der Waals surface area contributed by atoms with E-state index in [0.717, 1.165) is 11.8 Å². The first-order valence-electron chi connectivity index (χ1n) is 6.67. The van der Waals surface area contributed by atoms with Gasteiger partial charge in [0.2, 0.25) is 0 Å². The van der Waals surface area contributed by atoms with Crippen LogP contribution in [0.3, 0.4) is 0 Å². The van der Waals surface area contributed by atoms with Crippen LogP contribution in [0, 0.1) is 17.3 Å². The van der Waals surface area contributed by atoms with Crippen molar-refractivity contribution in [2.24, 2.45) is 23.0 Å². The van der Waals surface area contributed by atoms with Gasteiger partial charge in [-0.3, -0.25) is 0 Å². The summed E-state index contributed by atoms with van der Waals surface area (Å²) in [7, 11) is 0. The van der Waals surface area contributed by atoms with Crippen molar-refractivity contribution in [2.75, 3.05) is 0 Å². The van der Waals surface area contributed by atoms with E-state index in [-0.39, 0.29) is 0 Å². The molecule has 0 amide bonds. The summed E-state index contributed by atoms with van der Waals surface area (Å²) in [6.07, 6.45) is 8.19. The second-order valence-corrected chi connectivity index (χ2v) is 6.56. The molecule has 90 valence electrons. The van der Waals surface area contributed by atoms with Crippen molar-refractivity contribution in [1.82, 2.24) is 0 Å². The Kier molecular flexibility index (Phi) is 4.64. The number of nitrogens with two attached hydrogens (primary N) is 1. The molecular weight excluding hydrogens is 182 g/mol. The maximum atomic E-state index is 6.35. The standard InChI is InChI=1S/C14H29N/c1-11(14(2,3)4)10-13(15)12-8-6-5-7-9-12/h11-13H,5-10,15H2,1-4H3. The topological polar surface area (TPSA) is 26.0 Å². The average molecular weight is 211 g/mol. The smallest absolute Gasteiger partial charge is 0.00698 e. The third-order valence-electron chi connectivity index (χ3n) is 4.36. The van der Waals surface area contributed by atoms with Crippen LogP contribution in [-0.2, 0) is 0 Å². The second kappa shape index (κ2) is 5.34. The SMILES string of the molecule is CC(CC(N)C1CCCCC1)C(C)(C)C. The molecule has 1 aliphatic carbocycles. The van der Waals surface area contributed by atoms with Gasteiger partial charge in [0.15, 0.2) is 0 Å². The number of hydrogen-bond donors (Lipinski definition) is 1. The Bertz CT molecular complexity index is 174. The maximum absolute atomic E-state index is 6.35. The van der Waals surface area contributed by atoms with E-state index in [4.69, 9.17) is 5.73 Å². The average Bonchev–Trinajstić information content (AvgIpc) is 2.17. The van der Waals surface area contributed by atoms with Gasteiger partial charge in [-0.1, -0.05) is 47.0 Å². The number of rotatable bonds is 3. The molecule has 2 N–H and O–H groups in total. The van der Waals surface area contributed by atoms with Gasteiger partial charge >= 0.3 is 0 Å². The van der Waals surface area contributed by atoms with Crippen molar-refractivity contribution in [1.29, 1.82) is 0 Å². The summed E-state index contributed by atoms with van der Waals surface area (Å²) in [4.78, 5) is 0. The fourth-order valence-electron chi connectivity index (χ4n) is 2.52. The molecule has 0 aromatic heterocycles. The molecule has 0 aliphatic heterocycles. The molecule has 0 spiro atoms. The predicted octanol–water partition coefficient (Wildman–Crippen LogP) is 3.97. The van der Waals surface area contributed by atoms with Crippen molar-refractivity contribution in [3.05, 3.63) is 0 Å². The third-order valence-corrected chi connectivity index (χ3v) is 4.36. The molecule has 1 fully saturated rings. The summed E-state index contributed by atoms with van der Waals surface area (Å²) in [5.74, 6) is 1.54. The Morgan fingerprint density at radius 3 is 2.13 bits per heavy atom. The zero-order chi connectivity index (χ0) is 11.5. The van der Waals surface area contributed by atoms with Crippen LogP contribution in [0.5, 0.6) is 0 Å². The molecule has 1 heteroatoms. The Morgan fingerprint density at radius 2 is 1.67 bits per heavy atom. The van der Waals surface area contributed by atoms with E-state index in [1.807, 2.05) is 0 Å². The highest BCUT2D eigenvalue weighted by Gasteiger charge is 2.26. The van der Waals surface area contributed by atoms with E-state index >= 15 is 0 Å². The van der Waals surface area contributed by atoms with E-state index in [2.05, 4.69) is 27.7 Å². The highest BCUT2D eigenvalue weighted by Crippen LogP contribution is 2.33. The van der Waals surface area contributed by atoms with Crippen molar-refractivity contribution >= 4 is 0 Å². The highest BCUT2D eigenvalue weighted by atomic mass is 14.7. The van der Waals surface area contributed by atoms with Crippen LogP contribution in [0.2, 0.25) is 0 Å². The summed E-state index contributed by atoms with van der Waals surface area (Å²) in [6.45, 7) is 9.32. The first-order valence-corrected chi connectivity index (χ1v) is 6.67. The lowest BCUT2D eigenvalue weighted by Crippen LogP contribution is -2.35. The molecule has 0 radical (unpaired) electrons. The van der Waals surface area contributed by atoms with Gasteiger partial charge in [-0.15, -0.1) is 0 Å². The monoisotopic (exact) mass is 211 g/mol. The van der Waals surface area contributed by atoms with Crippen LogP contribution >= 0.6 is 0 Å². The lowest BCUT2D eigenvalue weighted by Gasteiger charge is -2.34. The lowest BCUT2D eigenvalue weighted by atomic mass is 9.74. The van der Waals surface area contributed by atoms with Crippen molar-refractivity contribution in [2.45, 2.75) is 72.3 Å². The van der Waals surface area contributed by atoms with E-state index in [0.29, 0.717) is 11.5 Å². The van der Waals surface area contributed by atoms with Crippen LogP contribution in [-0.4, -0.2) is 6.04 Å². The minimum Gasteiger partial charge on any atom is -0.327 e. The van der Waals surface area contributed by atoms with E-state index in [9.17, 15) is 0 Å². The van der Waals surface area contributed by atoms with Crippen LogP contribution < -0.4 is 5.73 Å². The first kappa shape index (κ1) is 13.0. The van der Waals surface area contributed by atoms with Crippen LogP contribution in [0.15, 0.2) is 0 Å². The lowest BCUT2D eigenvalue weighted by molar-refractivity contribution is 0.197.